The summed E-state index contributed by atoms with van der Waals surface area (Å²) in [5.74, 6) is -2.64. The Morgan fingerprint density at radius 1 is 0.739 bits per heavy atom. The van der Waals surface area contributed by atoms with Crippen molar-refractivity contribution >= 4 is 23.3 Å². The van der Waals surface area contributed by atoms with Crippen molar-refractivity contribution in [2.75, 3.05) is 11.5 Å². The Labute approximate surface area is 134 Å². The van der Waals surface area contributed by atoms with Crippen LogP contribution in [0.4, 0.5) is 11.4 Å². The molecule has 2 aromatic rings. The number of benzene rings is 2. The Bertz CT molecular complexity index is 645. The first-order valence-electron chi connectivity index (χ1n) is 6.94. The van der Waals surface area contributed by atoms with Crippen LogP contribution in [0.1, 0.15) is 34.6 Å². The van der Waals surface area contributed by atoms with Crippen molar-refractivity contribution in [3.05, 3.63) is 59.7 Å². The van der Waals surface area contributed by atoms with E-state index < -0.39 is 17.7 Å². The second-order valence-electron chi connectivity index (χ2n) is 5.42. The zero-order valence-electron chi connectivity index (χ0n) is 12.9. The largest absolute Gasteiger partial charge is 0.419 e. The minimum Gasteiger partial charge on any atom is -0.419 e. The molecule has 0 unspecified atom stereocenters. The molecule has 0 aromatic heterocycles. The maximum atomic E-state index is 12.1. The molecule has 0 atom stereocenters. The third kappa shape index (κ3) is 4.47. The second kappa shape index (κ2) is 6.39. The predicted molar refractivity (Wildman–Crippen MR) is 86.6 cm³/mol. The lowest BCUT2D eigenvalue weighted by molar-refractivity contribution is -0.143. The molecule has 0 saturated carbocycles. The number of carbonyl (C=O) groups is 2. The summed E-state index contributed by atoms with van der Waals surface area (Å²) in [4.78, 5) is 24.1. The average molecular weight is 314 g/mol. The van der Waals surface area contributed by atoms with Gasteiger partial charge in [-0.1, -0.05) is 0 Å². The SMILES string of the molecule is CC(C)(OC(=O)c1ccc(N)cc1)OC(=O)c1ccc(N)cc1. The highest BCUT2D eigenvalue weighted by Crippen LogP contribution is 2.18. The van der Waals surface area contributed by atoms with Crippen LogP contribution in [0.25, 0.3) is 0 Å². The number of nitrogens with two attached hydrogens (primary N) is 2. The van der Waals surface area contributed by atoms with Crippen molar-refractivity contribution in [2.24, 2.45) is 0 Å². The molecule has 2 aromatic carbocycles. The van der Waals surface area contributed by atoms with E-state index in [1.165, 1.54) is 38.1 Å². The van der Waals surface area contributed by atoms with Crippen LogP contribution in [0.5, 0.6) is 0 Å². The number of rotatable bonds is 4. The average Bonchev–Trinajstić information content (AvgIpc) is 2.47. The summed E-state index contributed by atoms with van der Waals surface area (Å²) in [6.07, 6.45) is 0. The molecule has 0 aliphatic carbocycles. The minimum atomic E-state index is -1.42. The fourth-order valence-electron chi connectivity index (χ4n) is 1.82. The van der Waals surface area contributed by atoms with E-state index >= 15 is 0 Å². The molecule has 2 rings (SSSR count). The lowest BCUT2D eigenvalue weighted by Gasteiger charge is -2.25. The van der Waals surface area contributed by atoms with Crippen molar-refractivity contribution < 1.29 is 19.1 Å². The fourth-order valence-corrected chi connectivity index (χ4v) is 1.82. The number of hydrogen-bond donors (Lipinski definition) is 2. The molecule has 120 valence electrons. The zero-order chi connectivity index (χ0) is 17.0. The predicted octanol–water partition coefficient (Wildman–Crippen LogP) is 2.60. The highest BCUT2D eigenvalue weighted by atomic mass is 16.7. The summed E-state index contributed by atoms with van der Waals surface area (Å²) < 4.78 is 10.5. The molecule has 0 aliphatic rings. The first kappa shape index (κ1) is 16.4. The Hall–Kier alpha value is -3.02. The Morgan fingerprint density at radius 2 is 1.04 bits per heavy atom. The number of ether oxygens (including phenoxy) is 2. The molecule has 0 spiro atoms. The van der Waals surface area contributed by atoms with Crippen LogP contribution < -0.4 is 11.5 Å². The van der Waals surface area contributed by atoms with E-state index in [2.05, 4.69) is 0 Å². The van der Waals surface area contributed by atoms with Gasteiger partial charge in [0.2, 0.25) is 0 Å². The van der Waals surface area contributed by atoms with Gasteiger partial charge >= 0.3 is 11.9 Å². The fraction of sp³-hybridized carbons (Fsp3) is 0.176. The topological polar surface area (TPSA) is 105 Å². The maximum Gasteiger partial charge on any atom is 0.341 e. The molecule has 0 aliphatic heterocycles. The van der Waals surface area contributed by atoms with Gasteiger partial charge in [-0.2, -0.15) is 0 Å². The molecule has 0 saturated heterocycles. The van der Waals surface area contributed by atoms with Crippen LogP contribution in [-0.2, 0) is 9.47 Å². The molecule has 0 heterocycles. The third-order valence-corrected chi connectivity index (χ3v) is 2.97. The molecule has 4 N–H and O–H groups in total. The second-order valence-corrected chi connectivity index (χ2v) is 5.42. The summed E-state index contributed by atoms with van der Waals surface area (Å²) in [6.45, 7) is 2.97. The molecule has 6 nitrogen and oxygen atoms in total. The molecule has 6 heteroatoms. The zero-order valence-corrected chi connectivity index (χ0v) is 12.9. The summed E-state index contributed by atoms with van der Waals surface area (Å²) in [5.41, 5.74) is 12.8. The summed E-state index contributed by atoms with van der Waals surface area (Å²) in [6, 6.07) is 12.5. The lowest BCUT2D eigenvalue weighted by atomic mass is 10.2. The van der Waals surface area contributed by atoms with Gasteiger partial charge in [-0.25, -0.2) is 9.59 Å². The summed E-state index contributed by atoms with van der Waals surface area (Å²) in [7, 11) is 0. The van der Waals surface area contributed by atoms with Gasteiger partial charge in [0, 0.05) is 25.2 Å². The van der Waals surface area contributed by atoms with E-state index in [1.54, 1.807) is 24.3 Å². The first-order valence-corrected chi connectivity index (χ1v) is 6.94. The molecule has 0 bridgehead atoms. The normalized spacial score (nSPS) is 10.9. The van der Waals surface area contributed by atoms with Crippen LogP contribution in [0.15, 0.2) is 48.5 Å². The molecule has 0 amide bonds. The molecular weight excluding hydrogens is 296 g/mol. The van der Waals surface area contributed by atoms with E-state index in [0.717, 1.165) is 0 Å². The summed E-state index contributed by atoms with van der Waals surface area (Å²) in [5, 5.41) is 0. The monoisotopic (exact) mass is 314 g/mol. The molecule has 0 fully saturated rings. The number of hydrogen-bond acceptors (Lipinski definition) is 6. The van der Waals surface area contributed by atoms with Crippen molar-refractivity contribution in [3.8, 4) is 0 Å². The van der Waals surface area contributed by atoms with Gasteiger partial charge in [0.1, 0.15) is 0 Å². The number of anilines is 2. The van der Waals surface area contributed by atoms with Crippen LogP contribution in [0.3, 0.4) is 0 Å². The quantitative estimate of drug-likeness (QED) is 0.510. The van der Waals surface area contributed by atoms with E-state index in [4.69, 9.17) is 20.9 Å². The van der Waals surface area contributed by atoms with E-state index in [1.807, 2.05) is 0 Å². The number of esters is 2. The standard InChI is InChI=1S/C17H18N2O4/c1-17(2,22-15(20)11-3-7-13(18)8-4-11)23-16(21)12-5-9-14(19)10-6-12/h3-10H,18-19H2,1-2H3. The third-order valence-electron chi connectivity index (χ3n) is 2.97. The van der Waals surface area contributed by atoms with Crippen molar-refractivity contribution in [2.45, 2.75) is 19.6 Å². The van der Waals surface area contributed by atoms with Crippen LogP contribution in [0, 0.1) is 0 Å². The Balaban J connectivity index is 2.03. The van der Waals surface area contributed by atoms with Crippen molar-refractivity contribution in [1.82, 2.24) is 0 Å². The van der Waals surface area contributed by atoms with Gasteiger partial charge in [-0.15, -0.1) is 0 Å². The van der Waals surface area contributed by atoms with Crippen molar-refractivity contribution in [1.29, 1.82) is 0 Å². The van der Waals surface area contributed by atoms with Crippen LogP contribution >= 0.6 is 0 Å². The highest BCUT2D eigenvalue weighted by molar-refractivity contribution is 5.91. The van der Waals surface area contributed by atoms with Gasteiger partial charge in [0.05, 0.1) is 11.1 Å². The number of nitrogen functional groups attached to an aromatic ring is 2. The minimum absolute atomic E-state index is 0.316. The van der Waals surface area contributed by atoms with Gasteiger partial charge in [0.25, 0.3) is 5.79 Å². The molecule has 0 radical (unpaired) electrons. The van der Waals surface area contributed by atoms with Gasteiger partial charge in [-0.05, 0) is 48.5 Å². The van der Waals surface area contributed by atoms with E-state index in [0.29, 0.717) is 22.5 Å². The van der Waals surface area contributed by atoms with Crippen LogP contribution in [0.2, 0.25) is 0 Å². The highest BCUT2D eigenvalue weighted by Gasteiger charge is 2.28. The van der Waals surface area contributed by atoms with Crippen molar-refractivity contribution in [3.63, 3.8) is 0 Å². The first-order chi connectivity index (χ1) is 10.8. The Kier molecular flexibility index (Phi) is 4.55. The van der Waals surface area contributed by atoms with Crippen LogP contribution in [-0.4, -0.2) is 17.7 Å². The summed E-state index contributed by atoms with van der Waals surface area (Å²) >= 11 is 0. The smallest absolute Gasteiger partial charge is 0.341 e. The maximum absolute atomic E-state index is 12.1. The lowest BCUT2D eigenvalue weighted by Crippen LogP contribution is -2.34. The van der Waals surface area contributed by atoms with E-state index in [-0.39, 0.29) is 0 Å². The molecule has 23 heavy (non-hydrogen) atoms. The van der Waals surface area contributed by atoms with Gasteiger partial charge in [-0.3, -0.25) is 0 Å². The van der Waals surface area contributed by atoms with Gasteiger partial charge < -0.3 is 20.9 Å². The van der Waals surface area contributed by atoms with E-state index in [9.17, 15) is 9.59 Å². The Morgan fingerprint density at radius 3 is 1.35 bits per heavy atom. The number of carbonyl (C=O) groups excluding carboxylic acids is 2. The van der Waals surface area contributed by atoms with Gasteiger partial charge in [0.15, 0.2) is 0 Å². The molecular formula is C17H18N2O4.